The van der Waals surface area contributed by atoms with Crippen LogP contribution < -0.4 is 0 Å². The van der Waals surface area contributed by atoms with E-state index in [1.807, 2.05) is 0 Å². The Morgan fingerprint density at radius 1 is 0.323 bits per heavy atom. The van der Waals surface area contributed by atoms with Crippen LogP contribution in [0.2, 0.25) is 0 Å². The molecule has 0 aromatic rings. The van der Waals surface area contributed by atoms with E-state index in [0.29, 0.717) is 19.3 Å². The van der Waals surface area contributed by atoms with Crippen molar-refractivity contribution in [2.45, 2.75) is 264 Å². The van der Waals surface area contributed by atoms with Gasteiger partial charge in [-0.25, -0.2) is 0 Å². The van der Waals surface area contributed by atoms with Gasteiger partial charge in [0, 0.05) is 19.3 Å². The van der Waals surface area contributed by atoms with Gasteiger partial charge in [0.15, 0.2) is 6.10 Å². The molecule has 62 heavy (non-hydrogen) atoms. The van der Waals surface area contributed by atoms with E-state index in [1.165, 1.54) is 122 Å². The molecule has 6 heteroatoms. The number of rotatable bonds is 47. The monoisotopic (exact) mass is 867 g/mol. The lowest BCUT2D eigenvalue weighted by Crippen LogP contribution is -2.30. The number of hydrogen-bond acceptors (Lipinski definition) is 6. The maximum atomic E-state index is 12.8. The second-order valence-corrected chi connectivity index (χ2v) is 17.4. The first kappa shape index (κ1) is 59.1. The molecule has 0 aliphatic carbocycles. The Hall–Kier alpha value is -2.89. The lowest BCUT2D eigenvalue weighted by atomic mass is 10.1. The van der Waals surface area contributed by atoms with Crippen molar-refractivity contribution >= 4 is 17.9 Å². The summed E-state index contributed by atoms with van der Waals surface area (Å²) in [5.41, 5.74) is 0. The number of carbonyl (C=O) groups excluding carboxylic acids is 3. The van der Waals surface area contributed by atoms with E-state index in [4.69, 9.17) is 14.2 Å². The van der Waals surface area contributed by atoms with Gasteiger partial charge in [0.1, 0.15) is 13.2 Å². The molecule has 6 nitrogen and oxygen atoms in total. The quantitative estimate of drug-likeness (QED) is 0.0262. The van der Waals surface area contributed by atoms with Gasteiger partial charge in [-0.2, -0.15) is 0 Å². The van der Waals surface area contributed by atoms with Crippen LogP contribution in [-0.2, 0) is 28.6 Å². The SMILES string of the molecule is CCCC/C=C\CCCCCCCC(=O)OCC(COC(=O)CCCCCCCC/C=C\C/C=C\C/C=C\CCCCC)OC(=O)CCCCCCC/C=C\CCCCCCC. The third-order valence-corrected chi connectivity index (χ3v) is 11.2. The fourth-order valence-corrected chi connectivity index (χ4v) is 7.19. The van der Waals surface area contributed by atoms with Crippen molar-refractivity contribution in [3.05, 3.63) is 60.8 Å². The fraction of sp³-hybridized carbons (Fsp3) is 0.768. The summed E-state index contributed by atoms with van der Waals surface area (Å²) in [6, 6.07) is 0. The minimum absolute atomic E-state index is 0.0861. The van der Waals surface area contributed by atoms with E-state index in [0.717, 1.165) is 96.3 Å². The molecular formula is C56H98O6. The maximum Gasteiger partial charge on any atom is 0.306 e. The van der Waals surface area contributed by atoms with Gasteiger partial charge in [-0.1, -0.05) is 197 Å². The van der Waals surface area contributed by atoms with Crippen LogP contribution in [-0.4, -0.2) is 37.2 Å². The minimum Gasteiger partial charge on any atom is -0.462 e. The van der Waals surface area contributed by atoms with E-state index >= 15 is 0 Å². The van der Waals surface area contributed by atoms with Crippen molar-refractivity contribution in [2.24, 2.45) is 0 Å². The lowest BCUT2D eigenvalue weighted by molar-refractivity contribution is -0.167. The maximum absolute atomic E-state index is 12.8. The number of carbonyl (C=O) groups is 3. The van der Waals surface area contributed by atoms with E-state index in [2.05, 4.69) is 81.5 Å². The first-order valence-electron chi connectivity index (χ1n) is 26.3. The van der Waals surface area contributed by atoms with Crippen LogP contribution in [0.1, 0.15) is 258 Å². The molecular weight excluding hydrogens is 769 g/mol. The molecule has 0 saturated heterocycles. The summed E-state index contributed by atoms with van der Waals surface area (Å²) in [6.07, 6.45) is 62.0. The molecule has 0 aliphatic heterocycles. The molecule has 0 amide bonds. The fourth-order valence-electron chi connectivity index (χ4n) is 7.19. The van der Waals surface area contributed by atoms with Crippen molar-refractivity contribution in [3.63, 3.8) is 0 Å². The van der Waals surface area contributed by atoms with Gasteiger partial charge in [0.25, 0.3) is 0 Å². The molecule has 0 spiro atoms. The second kappa shape index (κ2) is 50.8. The molecule has 1 atom stereocenters. The molecule has 0 bridgehead atoms. The topological polar surface area (TPSA) is 78.9 Å². The molecule has 0 aromatic carbocycles. The Balaban J connectivity index is 4.38. The van der Waals surface area contributed by atoms with Crippen molar-refractivity contribution < 1.29 is 28.6 Å². The van der Waals surface area contributed by atoms with Crippen LogP contribution in [0, 0.1) is 0 Å². The van der Waals surface area contributed by atoms with Gasteiger partial charge in [0.05, 0.1) is 0 Å². The molecule has 0 heterocycles. The summed E-state index contributed by atoms with van der Waals surface area (Å²) in [5.74, 6) is -0.913. The normalized spacial score (nSPS) is 12.5. The van der Waals surface area contributed by atoms with Crippen molar-refractivity contribution in [3.8, 4) is 0 Å². The summed E-state index contributed by atoms with van der Waals surface area (Å²) in [5, 5.41) is 0. The molecule has 0 aliphatic rings. The molecule has 0 aromatic heterocycles. The predicted octanol–water partition coefficient (Wildman–Crippen LogP) is 17.3. The highest BCUT2D eigenvalue weighted by Gasteiger charge is 2.19. The van der Waals surface area contributed by atoms with E-state index in [9.17, 15) is 14.4 Å². The van der Waals surface area contributed by atoms with Gasteiger partial charge in [-0.05, 0) is 103 Å². The number of esters is 3. The minimum atomic E-state index is -0.786. The average Bonchev–Trinajstić information content (AvgIpc) is 3.27. The Kier molecular flexibility index (Phi) is 48.4. The number of ether oxygens (including phenoxy) is 3. The summed E-state index contributed by atoms with van der Waals surface area (Å²) in [7, 11) is 0. The Labute approximate surface area is 383 Å². The highest BCUT2D eigenvalue weighted by atomic mass is 16.6. The zero-order chi connectivity index (χ0) is 45.1. The largest absolute Gasteiger partial charge is 0.462 e. The highest BCUT2D eigenvalue weighted by molar-refractivity contribution is 5.71. The van der Waals surface area contributed by atoms with Gasteiger partial charge in [-0.15, -0.1) is 0 Å². The van der Waals surface area contributed by atoms with Crippen molar-refractivity contribution in [1.82, 2.24) is 0 Å². The number of hydrogen-bond donors (Lipinski definition) is 0. The number of unbranched alkanes of at least 4 members (excludes halogenated alkanes) is 26. The van der Waals surface area contributed by atoms with Gasteiger partial charge in [0.2, 0.25) is 0 Å². The van der Waals surface area contributed by atoms with Gasteiger partial charge >= 0.3 is 17.9 Å². The molecule has 0 radical (unpaired) electrons. The first-order chi connectivity index (χ1) is 30.5. The van der Waals surface area contributed by atoms with Crippen molar-refractivity contribution in [1.29, 1.82) is 0 Å². The zero-order valence-electron chi connectivity index (χ0n) is 40.9. The van der Waals surface area contributed by atoms with E-state index in [1.54, 1.807) is 0 Å². The second-order valence-electron chi connectivity index (χ2n) is 17.4. The average molecular weight is 867 g/mol. The van der Waals surface area contributed by atoms with E-state index in [-0.39, 0.29) is 31.1 Å². The van der Waals surface area contributed by atoms with Crippen LogP contribution in [0.3, 0.4) is 0 Å². The third-order valence-electron chi connectivity index (χ3n) is 11.2. The van der Waals surface area contributed by atoms with Crippen LogP contribution >= 0.6 is 0 Å². The van der Waals surface area contributed by atoms with Crippen molar-refractivity contribution in [2.75, 3.05) is 13.2 Å². The van der Waals surface area contributed by atoms with Crippen LogP contribution in [0.4, 0.5) is 0 Å². The third kappa shape index (κ3) is 48.1. The highest BCUT2D eigenvalue weighted by Crippen LogP contribution is 2.14. The molecule has 0 N–H and O–H groups in total. The first-order valence-corrected chi connectivity index (χ1v) is 26.3. The molecule has 1 unspecified atom stereocenters. The summed E-state index contributed by atoms with van der Waals surface area (Å²) >= 11 is 0. The standard InChI is InChI=1S/C56H98O6/c1-4-7-10-13-16-19-22-24-26-27-28-29-30-32-34-37-40-43-46-49-55(58)61-52-53(51-60-54(57)48-45-42-39-36-33-21-18-15-12-9-6-3)62-56(59)50-47-44-41-38-35-31-25-23-20-17-14-11-8-5-2/h15-16,18-19,23-26,28-29,53H,4-14,17,20-22,27,30-52H2,1-3H3/b18-15-,19-16-,25-23-,26-24-,29-28-. The lowest BCUT2D eigenvalue weighted by Gasteiger charge is -2.18. The molecule has 0 saturated carbocycles. The Morgan fingerprint density at radius 3 is 1.00 bits per heavy atom. The summed E-state index contributed by atoms with van der Waals surface area (Å²) < 4.78 is 16.8. The zero-order valence-corrected chi connectivity index (χ0v) is 40.9. The summed E-state index contributed by atoms with van der Waals surface area (Å²) in [4.78, 5) is 37.9. The molecule has 358 valence electrons. The van der Waals surface area contributed by atoms with E-state index < -0.39 is 6.10 Å². The Bertz CT molecular complexity index is 1130. The molecule has 0 fully saturated rings. The van der Waals surface area contributed by atoms with Crippen LogP contribution in [0.15, 0.2) is 60.8 Å². The Morgan fingerprint density at radius 2 is 0.597 bits per heavy atom. The number of allylic oxidation sites excluding steroid dienone is 10. The molecule has 0 rings (SSSR count). The predicted molar refractivity (Wildman–Crippen MR) is 265 cm³/mol. The van der Waals surface area contributed by atoms with Gasteiger partial charge < -0.3 is 14.2 Å². The van der Waals surface area contributed by atoms with Crippen LogP contribution in [0.5, 0.6) is 0 Å². The summed E-state index contributed by atoms with van der Waals surface area (Å²) in [6.45, 7) is 6.54. The van der Waals surface area contributed by atoms with Crippen LogP contribution in [0.25, 0.3) is 0 Å². The smallest absolute Gasteiger partial charge is 0.306 e. The van der Waals surface area contributed by atoms with Gasteiger partial charge in [-0.3, -0.25) is 14.4 Å².